The summed E-state index contributed by atoms with van der Waals surface area (Å²) in [4.78, 5) is 41.0. The van der Waals surface area contributed by atoms with Gasteiger partial charge in [0.05, 0.1) is 4.92 Å². The minimum atomic E-state index is -0.416. The van der Waals surface area contributed by atoms with E-state index in [0.717, 1.165) is 24.1 Å². The SMILES string of the molecule is CC1(C)CC(=O)C2C(c3ccc([N+](=O)[O-])cc3)C3C(=O)CC(C)(C)CC3N(c3ccc(Cl)cc3)C2C1. The summed E-state index contributed by atoms with van der Waals surface area (Å²) in [6.45, 7) is 8.57. The number of hydrogen-bond acceptors (Lipinski definition) is 5. The monoisotopic (exact) mass is 508 g/mol. The molecular weight excluding hydrogens is 476 g/mol. The Labute approximate surface area is 217 Å². The molecule has 0 N–H and O–H groups in total. The van der Waals surface area contributed by atoms with Crippen LogP contribution >= 0.6 is 11.6 Å². The lowest BCUT2D eigenvalue weighted by atomic mass is 9.53. The fourth-order valence-electron chi connectivity index (χ4n) is 7.26. The Kier molecular flexibility index (Phi) is 6.02. The summed E-state index contributed by atoms with van der Waals surface area (Å²) in [7, 11) is 0. The van der Waals surface area contributed by atoms with Gasteiger partial charge in [0.1, 0.15) is 11.6 Å². The molecule has 4 atom stereocenters. The van der Waals surface area contributed by atoms with Crippen molar-refractivity contribution in [3.63, 3.8) is 0 Å². The zero-order valence-electron chi connectivity index (χ0n) is 21.2. The third-order valence-electron chi connectivity index (χ3n) is 8.50. The smallest absolute Gasteiger partial charge is 0.269 e. The van der Waals surface area contributed by atoms with Gasteiger partial charge in [-0.2, -0.15) is 0 Å². The number of hydrogen-bond donors (Lipinski definition) is 0. The summed E-state index contributed by atoms with van der Waals surface area (Å²) in [5, 5.41) is 11.9. The molecule has 0 bridgehead atoms. The maximum Gasteiger partial charge on any atom is 0.269 e. The van der Waals surface area contributed by atoms with Crippen LogP contribution in [0.25, 0.3) is 0 Å². The number of anilines is 1. The lowest BCUT2D eigenvalue weighted by Gasteiger charge is -2.60. The highest BCUT2D eigenvalue weighted by molar-refractivity contribution is 6.30. The number of Topliss-reactive ketones (excluding diaryl/α,β-unsaturated/α-hetero) is 2. The number of nitro benzene ring substituents is 1. The molecule has 2 aromatic carbocycles. The van der Waals surface area contributed by atoms with E-state index in [4.69, 9.17) is 11.6 Å². The highest BCUT2D eigenvalue weighted by Crippen LogP contribution is 2.57. The molecule has 7 heteroatoms. The zero-order valence-corrected chi connectivity index (χ0v) is 22.0. The van der Waals surface area contributed by atoms with Crippen LogP contribution in [0.3, 0.4) is 0 Å². The van der Waals surface area contributed by atoms with E-state index in [1.54, 1.807) is 12.1 Å². The highest BCUT2D eigenvalue weighted by atomic mass is 35.5. The van der Waals surface area contributed by atoms with Crippen molar-refractivity contribution < 1.29 is 14.5 Å². The highest BCUT2D eigenvalue weighted by Gasteiger charge is 2.59. The van der Waals surface area contributed by atoms with Gasteiger partial charge < -0.3 is 4.90 Å². The summed E-state index contributed by atoms with van der Waals surface area (Å²) in [5.41, 5.74) is 1.52. The molecule has 2 aliphatic carbocycles. The molecule has 3 fully saturated rings. The molecule has 1 aliphatic heterocycles. The number of nitrogens with zero attached hydrogens (tertiary/aromatic N) is 2. The molecule has 2 aromatic rings. The number of rotatable bonds is 3. The Hall–Kier alpha value is -2.73. The second-order valence-electron chi connectivity index (χ2n) is 12.5. The number of halogens is 1. The van der Waals surface area contributed by atoms with E-state index < -0.39 is 4.92 Å². The van der Waals surface area contributed by atoms with E-state index in [0.29, 0.717) is 17.9 Å². The van der Waals surface area contributed by atoms with Crippen molar-refractivity contribution in [1.29, 1.82) is 0 Å². The molecule has 3 aliphatic rings. The van der Waals surface area contributed by atoms with E-state index in [-0.39, 0.29) is 57.9 Å². The Morgan fingerprint density at radius 1 is 0.806 bits per heavy atom. The van der Waals surface area contributed by atoms with Gasteiger partial charge in [0.15, 0.2) is 0 Å². The molecule has 0 amide bonds. The van der Waals surface area contributed by atoms with Crippen LogP contribution in [0.15, 0.2) is 48.5 Å². The first-order chi connectivity index (χ1) is 16.9. The van der Waals surface area contributed by atoms with Crippen LogP contribution in [-0.4, -0.2) is 28.6 Å². The predicted octanol–water partition coefficient (Wildman–Crippen LogP) is 6.60. The largest absolute Gasteiger partial charge is 0.364 e. The summed E-state index contributed by atoms with van der Waals surface area (Å²) in [6.07, 6.45) is 2.58. The van der Waals surface area contributed by atoms with Gasteiger partial charge in [0, 0.05) is 65.5 Å². The first-order valence-corrected chi connectivity index (χ1v) is 13.1. The van der Waals surface area contributed by atoms with Crippen molar-refractivity contribution in [2.75, 3.05) is 4.90 Å². The van der Waals surface area contributed by atoms with E-state index in [1.165, 1.54) is 12.1 Å². The van der Waals surface area contributed by atoms with Crippen LogP contribution in [0.1, 0.15) is 64.9 Å². The molecule has 0 aromatic heterocycles. The third-order valence-corrected chi connectivity index (χ3v) is 8.76. The molecule has 0 spiro atoms. The average molecular weight is 509 g/mol. The minimum Gasteiger partial charge on any atom is -0.364 e. The Balaban J connectivity index is 1.70. The first kappa shape index (κ1) is 24.9. The lowest BCUT2D eigenvalue weighted by molar-refractivity contribution is -0.384. The van der Waals surface area contributed by atoms with Crippen molar-refractivity contribution in [3.05, 3.63) is 69.2 Å². The van der Waals surface area contributed by atoms with Gasteiger partial charge in [0.25, 0.3) is 5.69 Å². The molecular formula is C29H33ClN2O4. The van der Waals surface area contributed by atoms with Crippen molar-refractivity contribution >= 4 is 34.5 Å². The second kappa shape index (κ2) is 8.69. The molecule has 190 valence electrons. The minimum absolute atomic E-state index is 0.0117. The summed E-state index contributed by atoms with van der Waals surface area (Å²) >= 11 is 6.23. The quantitative estimate of drug-likeness (QED) is 0.344. The number of carbonyl (C=O) groups excluding carboxylic acids is 2. The van der Waals surface area contributed by atoms with Crippen LogP contribution in [0.2, 0.25) is 5.02 Å². The fourth-order valence-corrected chi connectivity index (χ4v) is 7.39. The molecule has 2 saturated carbocycles. The topological polar surface area (TPSA) is 80.5 Å². The number of nitro groups is 1. The maximum atomic E-state index is 13.9. The molecule has 1 heterocycles. The molecule has 4 unspecified atom stereocenters. The summed E-state index contributed by atoms with van der Waals surface area (Å²) in [6, 6.07) is 14.1. The molecule has 36 heavy (non-hydrogen) atoms. The van der Waals surface area contributed by atoms with Crippen molar-refractivity contribution in [2.45, 2.75) is 71.4 Å². The van der Waals surface area contributed by atoms with E-state index in [1.807, 2.05) is 24.3 Å². The molecule has 1 saturated heterocycles. The Morgan fingerprint density at radius 2 is 1.28 bits per heavy atom. The molecule has 5 rings (SSSR count). The maximum absolute atomic E-state index is 13.9. The first-order valence-electron chi connectivity index (χ1n) is 12.7. The van der Waals surface area contributed by atoms with Gasteiger partial charge in [-0.3, -0.25) is 19.7 Å². The standard InChI is InChI=1S/C29H33ClN2O4/c1-28(2)13-21-26(23(33)15-28)25(17-5-9-20(10-6-17)32(35)36)27-22(14-29(3,4)16-24(27)34)31(21)19-11-7-18(30)8-12-19/h5-12,21-22,25-27H,13-16H2,1-4H3. The van der Waals surface area contributed by atoms with Crippen molar-refractivity contribution in [1.82, 2.24) is 0 Å². The number of benzene rings is 2. The van der Waals surface area contributed by atoms with Gasteiger partial charge in [-0.15, -0.1) is 0 Å². The van der Waals surface area contributed by atoms with E-state index in [2.05, 4.69) is 32.6 Å². The zero-order chi connectivity index (χ0) is 26.0. The average Bonchev–Trinajstić information content (AvgIpc) is 2.77. The summed E-state index contributed by atoms with van der Waals surface area (Å²) < 4.78 is 0. The van der Waals surface area contributed by atoms with Crippen LogP contribution in [0.5, 0.6) is 0 Å². The third kappa shape index (κ3) is 4.34. The lowest BCUT2D eigenvalue weighted by Crippen LogP contribution is -2.66. The fraction of sp³-hybridized carbons (Fsp3) is 0.517. The van der Waals surface area contributed by atoms with Gasteiger partial charge >= 0.3 is 0 Å². The van der Waals surface area contributed by atoms with Gasteiger partial charge in [-0.1, -0.05) is 51.4 Å². The Bertz CT molecular complexity index is 1160. The number of ketones is 2. The number of non-ortho nitro benzene ring substituents is 1. The van der Waals surface area contributed by atoms with Gasteiger partial charge in [0.2, 0.25) is 0 Å². The van der Waals surface area contributed by atoms with Crippen LogP contribution in [0, 0.1) is 32.8 Å². The van der Waals surface area contributed by atoms with E-state index >= 15 is 0 Å². The van der Waals surface area contributed by atoms with Crippen LogP contribution in [0.4, 0.5) is 11.4 Å². The molecule has 0 radical (unpaired) electrons. The number of piperidine rings is 1. The second-order valence-corrected chi connectivity index (χ2v) is 12.9. The molecule has 6 nitrogen and oxygen atoms in total. The number of carbonyl (C=O) groups is 2. The van der Waals surface area contributed by atoms with Gasteiger partial charge in [-0.25, -0.2) is 0 Å². The van der Waals surface area contributed by atoms with Crippen molar-refractivity contribution in [3.8, 4) is 0 Å². The normalized spacial score (nSPS) is 30.9. The Morgan fingerprint density at radius 3 is 1.72 bits per heavy atom. The predicted molar refractivity (Wildman–Crippen MR) is 140 cm³/mol. The van der Waals surface area contributed by atoms with Gasteiger partial charge in [-0.05, 0) is 53.5 Å². The van der Waals surface area contributed by atoms with E-state index in [9.17, 15) is 19.7 Å². The van der Waals surface area contributed by atoms with Crippen LogP contribution < -0.4 is 4.90 Å². The summed E-state index contributed by atoms with van der Waals surface area (Å²) in [5.74, 6) is -0.663. The number of fused-ring (bicyclic) bond motifs is 2. The van der Waals surface area contributed by atoms with Crippen LogP contribution in [-0.2, 0) is 9.59 Å². The van der Waals surface area contributed by atoms with Crippen molar-refractivity contribution in [2.24, 2.45) is 22.7 Å².